The molecule has 0 bridgehead atoms. The van der Waals surface area contributed by atoms with Gasteiger partial charge in [0, 0.05) is 41.5 Å². The monoisotopic (exact) mass is 484 g/mol. The molecule has 4 aromatic rings. The smallest absolute Gasteiger partial charge is 0.354 e. The predicted octanol–water partition coefficient (Wildman–Crippen LogP) is 5.22. The molecule has 1 atom stereocenters. The third-order valence-electron chi connectivity index (χ3n) is 6.34. The first-order valence-electron chi connectivity index (χ1n) is 11.1. The molecule has 176 valence electrons. The summed E-state index contributed by atoms with van der Waals surface area (Å²) in [5.41, 5.74) is 3.82. The number of nitrogens with one attached hydrogen (secondary N) is 2. The van der Waals surface area contributed by atoms with Crippen LogP contribution in [0.5, 0.6) is 0 Å². The van der Waals surface area contributed by atoms with Gasteiger partial charge in [-0.2, -0.15) is 18.4 Å². The van der Waals surface area contributed by atoms with E-state index < -0.39 is 12.6 Å². The van der Waals surface area contributed by atoms with Crippen LogP contribution >= 0.6 is 11.3 Å². The number of aromatic nitrogens is 3. The van der Waals surface area contributed by atoms with E-state index >= 15 is 0 Å². The molecule has 5 rings (SSSR count). The van der Waals surface area contributed by atoms with E-state index in [1.54, 1.807) is 6.07 Å². The van der Waals surface area contributed by atoms with Crippen molar-refractivity contribution in [2.24, 2.45) is 0 Å². The van der Waals surface area contributed by atoms with Crippen LogP contribution in [-0.2, 0) is 13.0 Å². The summed E-state index contributed by atoms with van der Waals surface area (Å²) in [6.45, 7) is 4.29. The lowest BCUT2D eigenvalue weighted by Crippen LogP contribution is -2.45. The van der Waals surface area contributed by atoms with Crippen LogP contribution in [0.25, 0.3) is 21.1 Å². The van der Waals surface area contributed by atoms with Crippen molar-refractivity contribution in [2.75, 3.05) is 18.0 Å². The van der Waals surface area contributed by atoms with Gasteiger partial charge < -0.3 is 15.2 Å². The zero-order valence-electron chi connectivity index (χ0n) is 18.5. The van der Waals surface area contributed by atoms with Gasteiger partial charge in [0.1, 0.15) is 28.7 Å². The maximum Gasteiger partial charge on any atom is 0.393 e. The van der Waals surface area contributed by atoms with Gasteiger partial charge in [-0.15, -0.1) is 11.3 Å². The maximum absolute atomic E-state index is 12.9. The molecule has 0 radical (unpaired) electrons. The molecule has 34 heavy (non-hydrogen) atoms. The SMILES string of the molecule is Cc1c(CNC2CCCN(c3ncnc4sc(CC(F)(F)F)cc34)C2)ccc2[nH]c(C#N)cc12. The molecule has 1 aliphatic heterocycles. The topological polar surface area (TPSA) is 80.6 Å². The van der Waals surface area contributed by atoms with Gasteiger partial charge in [0.25, 0.3) is 0 Å². The van der Waals surface area contributed by atoms with E-state index in [9.17, 15) is 13.2 Å². The lowest BCUT2D eigenvalue weighted by molar-refractivity contribution is -0.126. The number of halogens is 3. The molecule has 0 aliphatic carbocycles. The van der Waals surface area contributed by atoms with Crippen LogP contribution in [0.1, 0.15) is 34.5 Å². The van der Waals surface area contributed by atoms with Crippen LogP contribution in [-0.4, -0.2) is 40.3 Å². The quantitative estimate of drug-likeness (QED) is 0.406. The number of H-pyrrole nitrogens is 1. The lowest BCUT2D eigenvalue weighted by atomic mass is 10.0. The fourth-order valence-electron chi connectivity index (χ4n) is 4.67. The first-order chi connectivity index (χ1) is 16.3. The summed E-state index contributed by atoms with van der Waals surface area (Å²) in [7, 11) is 0. The number of hydrogen-bond acceptors (Lipinski definition) is 6. The number of fused-ring (bicyclic) bond motifs is 2. The fraction of sp³-hybridized carbons (Fsp3) is 0.375. The Hall–Kier alpha value is -3.16. The van der Waals surface area contributed by atoms with Gasteiger partial charge in [-0.25, -0.2) is 9.97 Å². The van der Waals surface area contributed by atoms with Gasteiger partial charge in [0.15, 0.2) is 0 Å². The van der Waals surface area contributed by atoms with Crippen LogP contribution in [0.3, 0.4) is 0 Å². The van der Waals surface area contributed by atoms with Gasteiger partial charge in [-0.1, -0.05) is 6.07 Å². The van der Waals surface area contributed by atoms with Crippen molar-refractivity contribution in [2.45, 2.75) is 44.9 Å². The van der Waals surface area contributed by atoms with Crippen molar-refractivity contribution in [3.05, 3.63) is 52.3 Å². The van der Waals surface area contributed by atoms with Gasteiger partial charge in [-0.3, -0.25) is 0 Å². The molecule has 0 amide bonds. The minimum atomic E-state index is -4.24. The normalized spacial score (nSPS) is 16.9. The van der Waals surface area contributed by atoms with E-state index in [-0.39, 0.29) is 10.9 Å². The fourth-order valence-corrected chi connectivity index (χ4v) is 5.69. The first kappa shape index (κ1) is 22.6. The molecule has 1 saturated heterocycles. The average molecular weight is 485 g/mol. The summed E-state index contributed by atoms with van der Waals surface area (Å²) in [6.07, 6.45) is -1.78. The van der Waals surface area contributed by atoms with Crippen LogP contribution in [0.4, 0.5) is 19.0 Å². The Morgan fingerprint density at radius 2 is 2.12 bits per heavy atom. The highest BCUT2D eigenvalue weighted by atomic mass is 32.1. The second-order valence-electron chi connectivity index (χ2n) is 8.69. The first-order valence-corrected chi connectivity index (χ1v) is 11.9. The summed E-state index contributed by atoms with van der Waals surface area (Å²) in [6, 6.07) is 9.92. The Morgan fingerprint density at radius 1 is 1.26 bits per heavy atom. The number of aromatic amines is 1. The predicted molar refractivity (Wildman–Crippen MR) is 127 cm³/mol. The highest BCUT2D eigenvalue weighted by molar-refractivity contribution is 7.18. The molecule has 3 aromatic heterocycles. The van der Waals surface area contributed by atoms with Crippen molar-refractivity contribution in [3.63, 3.8) is 0 Å². The number of thiophene rings is 1. The number of aryl methyl sites for hydroxylation is 1. The number of hydrogen-bond donors (Lipinski definition) is 2. The summed E-state index contributed by atoms with van der Waals surface area (Å²) in [4.78, 5) is 14.7. The molecule has 1 aliphatic rings. The number of rotatable bonds is 5. The molecule has 1 fully saturated rings. The Balaban J connectivity index is 1.31. The largest absolute Gasteiger partial charge is 0.393 e. The lowest BCUT2D eigenvalue weighted by Gasteiger charge is -2.34. The molecular formula is C24H23F3N6S. The van der Waals surface area contributed by atoms with Crippen LogP contribution in [0.15, 0.2) is 30.6 Å². The number of benzene rings is 1. The molecule has 2 N–H and O–H groups in total. The number of alkyl halides is 3. The number of piperidine rings is 1. The zero-order valence-corrected chi connectivity index (χ0v) is 19.4. The highest BCUT2D eigenvalue weighted by Crippen LogP contribution is 2.34. The Bertz CT molecular complexity index is 1380. The second-order valence-corrected chi connectivity index (χ2v) is 9.81. The minimum absolute atomic E-state index is 0.225. The Labute approximate surface area is 198 Å². The molecule has 0 spiro atoms. The Kier molecular flexibility index (Phi) is 5.91. The summed E-state index contributed by atoms with van der Waals surface area (Å²) in [5.74, 6) is 0.704. The zero-order chi connectivity index (χ0) is 23.9. The van der Waals surface area contributed by atoms with Gasteiger partial charge in [-0.05, 0) is 49.1 Å². The van der Waals surface area contributed by atoms with Crippen molar-refractivity contribution in [1.29, 1.82) is 5.26 Å². The third kappa shape index (κ3) is 4.58. The average Bonchev–Trinajstić information content (AvgIpc) is 3.41. The second kappa shape index (κ2) is 8.89. The molecular weight excluding hydrogens is 461 g/mol. The molecule has 1 unspecified atom stereocenters. The third-order valence-corrected chi connectivity index (χ3v) is 7.38. The molecule has 0 saturated carbocycles. The molecule has 1 aromatic carbocycles. The van der Waals surface area contributed by atoms with E-state index in [0.717, 1.165) is 53.7 Å². The van der Waals surface area contributed by atoms with Crippen LogP contribution < -0.4 is 10.2 Å². The van der Waals surface area contributed by atoms with Crippen LogP contribution in [0, 0.1) is 18.3 Å². The number of anilines is 1. The standard InChI is InChI=1S/C24H23F3N6S/c1-14-15(4-5-21-19(14)7-17(10-28)32-21)11-29-16-3-2-6-33(12-16)22-20-8-18(9-24(25,26)27)34-23(20)31-13-30-22/h4-5,7-8,13,16,29,32H,2-3,6,9,11-12H2,1H3. The van der Waals surface area contributed by atoms with Crippen molar-refractivity contribution in [3.8, 4) is 6.07 Å². The van der Waals surface area contributed by atoms with Crippen molar-refractivity contribution >= 4 is 38.3 Å². The van der Waals surface area contributed by atoms with Gasteiger partial charge >= 0.3 is 6.18 Å². The minimum Gasteiger partial charge on any atom is -0.354 e. The van der Waals surface area contributed by atoms with Crippen molar-refractivity contribution in [1.82, 2.24) is 20.3 Å². The summed E-state index contributed by atoms with van der Waals surface area (Å²) in [5, 5.41) is 14.5. The highest BCUT2D eigenvalue weighted by Gasteiger charge is 2.30. The number of nitrogens with zero attached hydrogens (tertiary/aromatic N) is 4. The molecule has 4 heterocycles. The van der Waals surface area contributed by atoms with E-state index in [0.29, 0.717) is 28.3 Å². The number of nitriles is 1. The van der Waals surface area contributed by atoms with E-state index in [1.165, 1.54) is 11.9 Å². The molecule has 6 nitrogen and oxygen atoms in total. The van der Waals surface area contributed by atoms with E-state index in [4.69, 9.17) is 5.26 Å². The van der Waals surface area contributed by atoms with Gasteiger partial charge in [0.05, 0.1) is 11.8 Å². The van der Waals surface area contributed by atoms with Gasteiger partial charge in [0.2, 0.25) is 0 Å². The summed E-state index contributed by atoms with van der Waals surface area (Å²) < 4.78 is 38.6. The summed E-state index contributed by atoms with van der Waals surface area (Å²) >= 11 is 1.08. The van der Waals surface area contributed by atoms with Crippen LogP contribution in [0.2, 0.25) is 0 Å². The van der Waals surface area contributed by atoms with E-state index in [1.807, 2.05) is 12.1 Å². The Morgan fingerprint density at radius 3 is 2.91 bits per heavy atom. The molecule has 10 heteroatoms. The van der Waals surface area contributed by atoms with E-state index in [2.05, 4.69) is 44.2 Å². The van der Waals surface area contributed by atoms with Crippen molar-refractivity contribution < 1.29 is 13.2 Å². The maximum atomic E-state index is 12.9.